The molecule has 0 bridgehead atoms. The second kappa shape index (κ2) is 9.46. The number of nitrogens with two attached hydrogens (primary N) is 1. The van der Waals surface area contributed by atoms with Crippen molar-refractivity contribution < 1.29 is 4.74 Å². The predicted molar refractivity (Wildman–Crippen MR) is 124 cm³/mol. The molecule has 0 unspecified atom stereocenters. The Morgan fingerprint density at radius 1 is 1.00 bits per heavy atom. The van der Waals surface area contributed by atoms with Crippen LogP contribution in [0, 0.1) is 0 Å². The Balaban J connectivity index is 1.35. The van der Waals surface area contributed by atoms with Crippen molar-refractivity contribution in [3.8, 4) is 0 Å². The molecule has 3 N–H and O–H groups in total. The molecule has 1 aliphatic rings. The summed E-state index contributed by atoms with van der Waals surface area (Å²) in [6.45, 7) is 3.08. The topological polar surface area (TPSA) is 62.9 Å². The number of rotatable bonds is 7. The van der Waals surface area contributed by atoms with Gasteiger partial charge in [-0.15, -0.1) is 0 Å². The highest BCUT2D eigenvalue weighted by Gasteiger charge is 2.18. The smallest absolute Gasteiger partial charge is 0.193 e. The number of nitrogens with zero attached hydrogens (tertiary/aromatic N) is 2. The van der Waals surface area contributed by atoms with Crippen molar-refractivity contribution in [2.24, 2.45) is 10.7 Å². The molecule has 0 saturated carbocycles. The molecule has 3 aromatic rings. The van der Waals surface area contributed by atoms with Crippen molar-refractivity contribution >= 4 is 17.3 Å². The molecule has 4 rings (SSSR count). The first-order valence-corrected chi connectivity index (χ1v) is 10.3. The lowest BCUT2D eigenvalue weighted by Crippen LogP contribution is -2.23. The van der Waals surface area contributed by atoms with Gasteiger partial charge in [-0.3, -0.25) is 0 Å². The average Bonchev–Trinajstić information content (AvgIpc) is 3.18. The van der Waals surface area contributed by atoms with E-state index in [4.69, 9.17) is 10.5 Å². The number of ether oxygens (including phenoxy) is 1. The molecular formula is C25H28N4O. The van der Waals surface area contributed by atoms with Gasteiger partial charge in [0.2, 0.25) is 0 Å². The maximum Gasteiger partial charge on any atom is 0.193 e. The van der Waals surface area contributed by atoms with E-state index in [1.807, 2.05) is 24.3 Å². The Bertz CT molecular complexity index is 1010. The Labute approximate surface area is 178 Å². The van der Waals surface area contributed by atoms with Crippen LogP contribution in [-0.2, 0) is 30.9 Å². The van der Waals surface area contributed by atoms with Crippen LogP contribution in [0.15, 0.2) is 77.8 Å². The standard InChI is InChI=1S/C25H28N4O/c1-30-18-22-7-2-4-8-23(22)28-25(26)27-16-19-10-12-20(13-11-19)17-29-15-14-21-6-3-5-9-24(21)29/h2-13H,14-18H2,1H3,(H3,26,27,28). The maximum absolute atomic E-state index is 6.09. The van der Waals surface area contributed by atoms with Crippen LogP contribution in [0.5, 0.6) is 0 Å². The minimum atomic E-state index is 0.399. The molecule has 0 atom stereocenters. The summed E-state index contributed by atoms with van der Waals surface area (Å²) in [4.78, 5) is 6.93. The van der Waals surface area contributed by atoms with Crippen LogP contribution in [0.25, 0.3) is 0 Å². The number of methoxy groups -OCH3 is 1. The number of guanidine groups is 1. The number of aliphatic imine (C=N–C) groups is 1. The van der Waals surface area contributed by atoms with Gasteiger partial charge in [-0.1, -0.05) is 60.7 Å². The van der Waals surface area contributed by atoms with E-state index in [1.165, 1.54) is 16.8 Å². The molecular weight excluding hydrogens is 372 g/mol. The number of para-hydroxylation sites is 2. The first kappa shape index (κ1) is 20.0. The zero-order valence-electron chi connectivity index (χ0n) is 17.3. The fraction of sp³-hybridized carbons (Fsp3) is 0.240. The Kier molecular flexibility index (Phi) is 6.30. The summed E-state index contributed by atoms with van der Waals surface area (Å²) in [5.41, 5.74) is 13.3. The molecule has 1 heterocycles. The summed E-state index contributed by atoms with van der Waals surface area (Å²) < 4.78 is 5.23. The lowest BCUT2D eigenvalue weighted by atomic mass is 10.1. The van der Waals surface area contributed by atoms with Crippen molar-refractivity contribution in [3.63, 3.8) is 0 Å². The Morgan fingerprint density at radius 3 is 2.57 bits per heavy atom. The van der Waals surface area contributed by atoms with Gasteiger partial charge in [0.15, 0.2) is 5.96 Å². The molecule has 3 aromatic carbocycles. The number of hydrogen-bond donors (Lipinski definition) is 2. The number of benzene rings is 3. The summed E-state index contributed by atoms with van der Waals surface area (Å²) in [5.74, 6) is 0.399. The Morgan fingerprint density at radius 2 is 1.73 bits per heavy atom. The second-order valence-electron chi connectivity index (χ2n) is 7.53. The van der Waals surface area contributed by atoms with E-state index in [9.17, 15) is 0 Å². The van der Waals surface area contributed by atoms with Crippen LogP contribution in [-0.4, -0.2) is 19.6 Å². The van der Waals surface area contributed by atoms with E-state index in [0.717, 1.165) is 36.3 Å². The van der Waals surface area contributed by atoms with Crippen molar-refractivity contribution in [2.45, 2.75) is 26.1 Å². The van der Waals surface area contributed by atoms with Crippen LogP contribution in [0.2, 0.25) is 0 Å². The van der Waals surface area contributed by atoms with Gasteiger partial charge in [0, 0.05) is 37.1 Å². The monoisotopic (exact) mass is 400 g/mol. The summed E-state index contributed by atoms with van der Waals surface area (Å²) in [5, 5.41) is 3.18. The highest BCUT2D eigenvalue weighted by atomic mass is 16.5. The van der Waals surface area contributed by atoms with E-state index in [2.05, 4.69) is 63.7 Å². The highest BCUT2D eigenvalue weighted by Crippen LogP contribution is 2.28. The molecule has 5 heteroatoms. The highest BCUT2D eigenvalue weighted by molar-refractivity contribution is 5.92. The molecule has 0 saturated heterocycles. The largest absolute Gasteiger partial charge is 0.380 e. The third kappa shape index (κ3) is 4.81. The number of fused-ring (bicyclic) bond motifs is 1. The lowest BCUT2D eigenvalue weighted by Gasteiger charge is -2.19. The van der Waals surface area contributed by atoms with E-state index in [0.29, 0.717) is 19.1 Å². The lowest BCUT2D eigenvalue weighted by molar-refractivity contribution is 0.185. The minimum absolute atomic E-state index is 0.399. The van der Waals surface area contributed by atoms with Crippen LogP contribution >= 0.6 is 0 Å². The van der Waals surface area contributed by atoms with Crippen molar-refractivity contribution in [1.82, 2.24) is 0 Å². The van der Waals surface area contributed by atoms with Gasteiger partial charge in [-0.25, -0.2) is 4.99 Å². The Hall–Kier alpha value is -3.31. The molecule has 30 heavy (non-hydrogen) atoms. The zero-order chi connectivity index (χ0) is 20.8. The van der Waals surface area contributed by atoms with Gasteiger partial charge in [0.05, 0.1) is 13.2 Å². The van der Waals surface area contributed by atoms with Crippen LogP contribution in [0.4, 0.5) is 11.4 Å². The normalized spacial score (nSPS) is 13.4. The molecule has 0 fully saturated rings. The van der Waals surface area contributed by atoms with Gasteiger partial charge >= 0.3 is 0 Å². The molecule has 1 aliphatic heterocycles. The van der Waals surface area contributed by atoms with Crippen molar-refractivity contribution in [3.05, 3.63) is 95.1 Å². The van der Waals surface area contributed by atoms with E-state index in [1.54, 1.807) is 7.11 Å². The molecule has 0 aromatic heterocycles. The summed E-state index contributed by atoms with van der Waals surface area (Å²) in [6, 6.07) is 25.2. The fourth-order valence-corrected chi connectivity index (χ4v) is 3.82. The predicted octanol–water partition coefficient (Wildman–Crippen LogP) is 4.32. The van der Waals surface area contributed by atoms with Gasteiger partial charge in [0.1, 0.15) is 0 Å². The van der Waals surface area contributed by atoms with Gasteiger partial charge in [-0.05, 0) is 35.2 Å². The van der Waals surface area contributed by atoms with Gasteiger partial charge < -0.3 is 20.7 Å². The number of anilines is 2. The summed E-state index contributed by atoms with van der Waals surface area (Å²) >= 11 is 0. The third-order valence-corrected chi connectivity index (χ3v) is 5.39. The van der Waals surface area contributed by atoms with Crippen molar-refractivity contribution in [1.29, 1.82) is 0 Å². The zero-order valence-corrected chi connectivity index (χ0v) is 17.3. The van der Waals surface area contributed by atoms with Crippen LogP contribution < -0.4 is 16.0 Å². The SMILES string of the molecule is COCc1ccccc1NC(N)=NCc1ccc(CN2CCc3ccccc32)cc1. The number of hydrogen-bond acceptors (Lipinski definition) is 3. The van der Waals surface area contributed by atoms with Crippen molar-refractivity contribution in [2.75, 3.05) is 23.9 Å². The molecule has 0 aliphatic carbocycles. The molecule has 0 amide bonds. The maximum atomic E-state index is 6.09. The summed E-state index contributed by atoms with van der Waals surface area (Å²) in [6.07, 6.45) is 1.13. The van der Waals surface area contributed by atoms with Crippen LogP contribution in [0.1, 0.15) is 22.3 Å². The molecule has 5 nitrogen and oxygen atoms in total. The molecule has 154 valence electrons. The first-order chi connectivity index (χ1) is 14.7. The molecule has 0 spiro atoms. The second-order valence-corrected chi connectivity index (χ2v) is 7.53. The minimum Gasteiger partial charge on any atom is -0.380 e. The van der Waals surface area contributed by atoms with Gasteiger partial charge in [0.25, 0.3) is 0 Å². The number of nitrogens with one attached hydrogen (secondary N) is 1. The van der Waals surface area contributed by atoms with E-state index in [-0.39, 0.29) is 0 Å². The third-order valence-electron chi connectivity index (χ3n) is 5.39. The van der Waals surface area contributed by atoms with E-state index < -0.39 is 0 Å². The quantitative estimate of drug-likeness (QED) is 0.458. The fourth-order valence-electron chi connectivity index (χ4n) is 3.82. The van der Waals surface area contributed by atoms with E-state index >= 15 is 0 Å². The van der Waals surface area contributed by atoms with Crippen LogP contribution in [0.3, 0.4) is 0 Å². The summed E-state index contributed by atoms with van der Waals surface area (Å²) in [7, 11) is 1.68. The van der Waals surface area contributed by atoms with Gasteiger partial charge in [-0.2, -0.15) is 0 Å². The molecule has 0 radical (unpaired) electrons. The average molecular weight is 401 g/mol. The first-order valence-electron chi connectivity index (χ1n) is 10.3.